The second-order valence-electron chi connectivity index (χ2n) is 4.63. The molecule has 2 rings (SSSR count). The molecule has 1 unspecified atom stereocenters. The van der Waals surface area contributed by atoms with Crippen molar-refractivity contribution < 1.29 is 43.9 Å². The Balaban J connectivity index is 0.00000162. The van der Waals surface area contributed by atoms with Crippen molar-refractivity contribution in [3.8, 4) is 0 Å². The fraction of sp³-hybridized carbons (Fsp3) is 0.385. The Hall–Kier alpha value is -0.840. The number of hydrogen-bond donors (Lipinski definition) is 1. The molecule has 0 bridgehead atoms. The van der Waals surface area contributed by atoms with E-state index in [4.69, 9.17) is 4.74 Å². The molecule has 0 spiro atoms. The Kier molecular flexibility index (Phi) is 4.96. The summed E-state index contributed by atoms with van der Waals surface area (Å²) in [6, 6.07) is 9.13. The van der Waals surface area contributed by atoms with Crippen LogP contribution in [0.25, 0.3) is 0 Å². The molecule has 2 amide bonds. The summed E-state index contributed by atoms with van der Waals surface area (Å²) in [5.41, 5.74) is -0.441. The summed E-state index contributed by atoms with van der Waals surface area (Å²) in [6.07, 6.45) is -0.186. The van der Waals surface area contributed by atoms with Gasteiger partial charge in [0.15, 0.2) is 0 Å². The second kappa shape index (κ2) is 5.87. The van der Waals surface area contributed by atoms with Crippen LogP contribution in [0.4, 0.5) is 4.79 Å². The zero-order chi connectivity index (χ0) is 12.5. The van der Waals surface area contributed by atoms with Gasteiger partial charge in [0.05, 0.1) is 0 Å². The molecule has 1 aromatic rings. The molecular weight excluding hydrogens is 241 g/mol. The number of benzene rings is 1. The normalized spacial score (nSPS) is 22.4. The van der Waals surface area contributed by atoms with Gasteiger partial charge in [0, 0.05) is 12.0 Å². The van der Waals surface area contributed by atoms with Crippen LogP contribution in [0.1, 0.15) is 25.8 Å². The van der Waals surface area contributed by atoms with Gasteiger partial charge >= 0.3 is 35.7 Å². The third-order valence-corrected chi connectivity index (χ3v) is 2.79. The molecule has 0 saturated carbocycles. The molecule has 0 radical (unpaired) electrons. The average molecular weight is 256 g/mol. The van der Waals surface area contributed by atoms with Gasteiger partial charge in [-0.05, 0) is 5.92 Å². The van der Waals surface area contributed by atoms with Crippen molar-refractivity contribution in [1.82, 2.24) is 5.32 Å². The van der Waals surface area contributed by atoms with Crippen molar-refractivity contribution in [3.05, 3.63) is 35.9 Å². The number of cyclic esters (lactones) is 1. The van der Waals surface area contributed by atoms with Gasteiger partial charge < -0.3 is 4.74 Å². The SMILES string of the molecule is CC(C)CC1(c2ccccc2)OC(=O)NC1=O.[Na+]. The molecule has 1 aliphatic rings. The minimum Gasteiger partial charge on any atom is -0.427 e. The number of hydrogen-bond acceptors (Lipinski definition) is 3. The molecule has 1 N–H and O–H groups in total. The first-order valence-corrected chi connectivity index (χ1v) is 5.64. The molecule has 4 nitrogen and oxygen atoms in total. The number of ether oxygens (including phenoxy) is 1. The smallest absolute Gasteiger partial charge is 0.427 e. The first-order valence-electron chi connectivity index (χ1n) is 5.64. The van der Waals surface area contributed by atoms with Gasteiger partial charge in [0.1, 0.15) is 0 Å². The van der Waals surface area contributed by atoms with Crippen LogP contribution >= 0.6 is 0 Å². The van der Waals surface area contributed by atoms with Gasteiger partial charge in [0.2, 0.25) is 5.60 Å². The Morgan fingerprint density at radius 3 is 2.28 bits per heavy atom. The fourth-order valence-corrected chi connectivity index (χ4v) is 2.15. The van der Waals surface area contributed by atoms with Crippen molar-refractivity contribution in [1.29, 1.82) is 0 Å². The monoisotopic (exact) mass is 256 g/mol. The Bertz CT molecular complexity index is 447. The molecule has 0 aromatic heterocycles. The first kappa shape index (κ1) is 15.2. The quantitative estimate of drug-likeness (QED) is 0.720. The van der Waals surface area contributed by atoms with Crippen LogP contribution in [0.2, 0.25) is 0 Å². The van der Waals surface area contributed by atoms with Crippen molar-refractivity contribution in [2.45, 2.75) is 25.9 Å². The molecule has 0 aliphatic carbocycles. The largest absolute Gasteiger partial charge is 1.00 e. The van der Waals surface area contributed by atoms with Crippen LogP contribution in [-0.2, 0) is 15.1 Å². The van der Waals surface area contributed by atoms with Crippen molar-refractivity contribution >= 4 is 12.0 Å². The minimum absolute atomic E-state index is 0. The summed E-state index contributed by atoms with van der Waals surface area (Å²) < 4.78 is 5.26. The predicted molar refractivity (Wildman–Crippen MR) is 62.2 cm³/mol. The number of carbonyl (C=O) groups excluding carboxylic acids is 2. The van der Waals surface area contributed by atoms with Gasteiger partial charge in [-0.15, -0.1) is 0 Å². The van der Waals surface area contributed by atoms with Crippen LogP contribution in [-0.4, -0.2) is 12.0 Å². The molecular formula is C13H15NNaO3+. The van der Waals surface area contributed by atoms with E-state index in [9.17, 15) is 9.59 Å². The number of amides is 2. The fourth-order valence-electron chi connectivity index (χ4n) is 2.15. The van der Waals surface area contributed by atoms with Gasteiger partial charge in [0.25, 0.3) is 5.91 Å². The number of alkyl carbamates (subject to hydrolysis) is 1. The maximum atomic E-state index is 12.0. The number of carbonyl (C=O) groups is 2. The van der Waals surface area contributed by atoms with Crippen LogP contribution < -0.4 is 34.9 Å². The number of nitrogens with one attached hydrogen (secondary N) is 1. The summed E-state index contributed by atoms with van der Waals surface area (Å²) in [7, 11) is 0. The standard InChI is InChI=1S/C13H15NO3.Na/c1-9(2)8-13(10-6-4-3-5-7-10)11(15)14-12(16)17-13;/h3-7,9H,8H2,1-2H3,(H,14,15,16);/q;+1. The van der Waals surface area contributed by atoms with Crippen LogP contribution in [0.3, 0.4) is 0 Å². The van der Waals surface area contributed by atoms with E-state index in [2.05, 4.69) is 5.32 Å². The van der Waals surface area contributed by atoms with Crippen LogP contribution in [0.15, 0.2) is 30.3 Å². The van der Waals surface area contributed by atoms with Crippen molar-refractivity contribution in [2.24, 2.45) is 5.92 Å². The third kappa shape index (κ3) is 2.76. The van der Waals surface area contributed by atoms with Crippen LogP contribution in [0.5, 0.6) is 0 Å². The van der Waals surface area contributed by atoms with E-state index >= 15 is 0 Å². The Labute approximate surface area is 128 Å². The first-order chi connectivity index (χ1) is 8.04. The van der Waals surface area contributed by atoms with E-state index in [0.717, 1.165) is 5.56 Å². The van der Waals surface area contributed by atoms with Gasteiger partial charge in [-0.2, -0.15) is 0 Å². The predicted octanol–water partition coefficient (Wildman–Crippen LogP) is -0.802. The molecule has 1 saturated heterocycles. The maximum absolute atomic E-state index is 12.0. The maximum Gasteiger partial charge on any atom is 1.00 e. The Morgan fingerprint density at radius 1 is 1.22 bits per heavy atom. The summed E-state index contributed by atoms with van der Waals surface area (Å²) in [5, 5.41) is 2.21. The number of imide groups is 1. The van der Waals surface area contributed by atoms with Gasteiger partial charge in [-0.1, -0.05) is 44.2 Å². The van der Waals surface area contributed by atoms with E-state index in [1.165, 1.54) is 0 Å². The van der Waals surface area contributed by atoms with Gasteiger partial charge in [-0.3, -0.25) is 10.1 Å². The number of rotatable bonds is 3. The summed E-state index contributed by atoms with van der Waals surface area (Å²) >= 11 is 0. The zero-order valence-electron chi connectivity index (χ0n) is 10.9. The summed E-state index contributed by atoms with van der Waals surface area (Å²) in [4.78, 5) is 23.3. The van der Waals surface area contributed by atoms with E-state index in [0.29, 0.717) is 6.42 Å². The molecule has 18 heavy (non-hydrogen) atoms. The minimum atomic E-state index is -1.16. The molecule has 1 fully saturated rings. The van der Waals surface area contributed by atoms with Crippen LogP contribution in [0, 0.1) is 5.92 Å². The van der Waals surface area contributed by atoms with Crippen molar-refractivity contribution in [3.63, 3.8) is 0 Å². The molecule has 1 aliphatic heterocycles. The van der Waals surface area contributed by atoms with Crippen molar-refractivity contribution in [2.75, 3.05) is 0 Å². The molecule has 1 heterocycles. The van der Waals surface area contributed by atoms with E-state index in [1.54, 1.807) is 12.1 Å². The van der Waals surface area contributed by atoms with E-state index < -0.39 is 11.7 Å². The molecule has 90 valence electrons. The molecule has 1 atom stereocenters. The Morgan fingerprint density at radius 2 is 1.83 bits per heavy atom. The second-order valence-corrected chi connectivity index (χ2v) is 4.63. The summed E-state index contributed by atoms with van der Waals surface area (Å²) in [5.74, 6) is -0.130. The van der Waals surface area contributed by atoms with Gasteiger partial charge in [-0.25, -0.2) is 4.79 Å². The zero-order valence-corrected chi connectivity index (χ0v) is 12.9. The topological polar surface area (TPSA) is 55.4 Å². The molecule has 1 aromatic carbocycles. The molecule has 5 heteroatoms. The average Bonchev–Trinajstić information content (AvgIpc) is 2.55. The third-order valence-electron chi connectivity index (χ3n) is 2.79. The van der Waals surface area contributed by atoms with E-state index in [1.807, 2.05) is 32.0 Å². The summed E-state index contributed by atoms with van der Waals surface area (Å²) in [6.45, 7) is 3.98. The van der Waals surface area contributed by atoms with E-state index in [-0.39, 0.29) is 41.4 Å².